The molecule has 2 amide bonds. The minimum Gasteiger partial charge on any atom is -0.497 e. The Morgan fingerprint density at radius 3 is 2.32 bits per heavy atom. The lowest BCUT2D eigenvalue weighted by Gasteiger charge is -2.24. The number of carbonyl (C=O) groups excluding carboxylic acids is 2. The van der Waals surface area contributed by atoms with Crippen molar-refractivity contribution < 1.29 is 18.7 Å². The molecular weight excluding hydrogens is 477 g/mol. The zero-order valence-corrected chi connectivity index (χ0v) is 19.8. The molecule has 3 aromatic carbocycles. The summed E-state index contributed by atoms with van der Waals surface area (Å²) in [4.78, 5) is 29.4. The summed E-state index contributed by atoms with van der Waals surface area (Å²) in [5.74, 6) is -0.388. The van der Waals surface area contributed by atoms with Crippen LogP contribution in [-0.2, 0) is 16.1 Å². The van der Waals surface area contributed by atoms with E-state index in [-0.39, 0.29) is 18.2 Å². The Kier molecular flexibility index (Phi) is 7.09. The van der Waals surface area contributed by atoms with E-state index in [4.69, 9.17) is 28.6 Å². The van der Waals surface area contributed by atoms with E-state index in [9.17, 15) is 14.0 Å². The summed E-state index contributed by atoms with van der Waals surface area (Å²) >= 11 is 11.7. The van der Waals surface area contributed by atoms with E-state index in [0.29, 0.717) is 33.8 Å². The van der Waals surface area contributed by atoms with Gasteiger partial charge in [-0.2, -0.15) is 0 Å². The number of benzene rings is 3. The number of hydrogen-bond donors (Lipinski definition) is 1. The SMILES string of the molecule is COc1ccc(CN2C(=S)N(c3ccc(Cl)cc3)C(=O)C2CC(=O)Nc2ccc(F)cc2)cc1. The lowest BCUT2D eigenvalue weighted by molar-refractivity contribution is -0.124. The maximum Gasteiger partial charge on any atom is 0.256 e. The van der Waals surface area contributed by atoms with Crippen LogP contribution >= 0.6 is 23.8 Å². The molecule has 3 aromatic rings. The molecule has 1 heterocycles. The van der Waals surface area contributed by atoms with E-state index in [2.05, 4.69) is 5.32 Å². The topological polar surface area (TPSA) is 61.9 Å². The number of hydrogen-bond acceptors (Lipinski definition) is 4. The lowest BCUT2D eigenvalue weighted by Crippen LogP contribution is -2.37. The van der Waals surface area contributed by atoms with Gasteiger partial charge in [-0.1, -0.05) is 23.7 Å². The molecule has 34 heavy (non-hydrogen) atoms. The average molecular weight is 498 g/mol. The molecule has 9 heteroatoms. The highest BCUT2D eigenvalue weighted by Crippen LogP contribution is 2.30. The first-order valence-electron chi connectivity index (χ1n) is 10.4. The molecule has 1 N–H and O–H groups in total. The van der Waals surface area contributed by atoms with Crippen LogP contribution in [0.5, 0.6) is 5.75 Å². The van der Waals surface area contributed by atoms with Crippen molar-refractivity contribution in [1.29, 1.82) is 0 Å². The highest BCUT2D eigenvalue weighted by Gasteiger charge is 2.44. The fraction of sp³-hybridized carbons (Fsp3) is 0.160. The molecule has 1 atom stereocenters. The second kappa shape index (κ2) is 10.2. The molecule has 0 radical (unpaired) electrons. The highest BCUT2D eigenvalue weighted by atomic mass is 35.5. The fourth-order valence-electron chi connectivity index (χ4n) is 3.69. The van der Waals surface area contributed by atoms with Gasteiger partial charge in [-0.15, -0.1) is 0 Å². The summed E-state index contributed by atoms with van der Waals surface area (Å²) in [6.45, 7) is 0.327. The van der Waals surface area contributed by atoms with Gasteiger partial charge in [0.15, 0.2) is 5.11 Å². The predicted molar refractivity (Wildman–Crippen MR) is 134 cm³/mol. The van der Waals surface area contributed by atoms with Crippen molar-refractivity contribution in [3.63, 3.8) is 0 Å². The molecule has 4 rings (SSSR count). The van der Waals surface area contributed by atoms with Gasteiger partial charge in [-0.25, -0.2) is 4.39 Å². The van der Waals surface area contributed by atoms with Gasteiger partial charge in [0.2, 0.25) is 5.91 Å². The average Bonchev–Trinajstić information content (AvgIpc) is 3.05. The monoisotopic (exact) mass is 497 g/mol. The summed E-state index contributed by atoms with van der Waals surface area (Å²) in [7, 11) is 1.59. The Balaban J connectivity index is 1.59. The van der Waals surface area contributed by atoms with Crippen molar-refractivity contribution >= 4 is 52.1 Å². The third kappa shape index (κ3) is 5.18. The normalized spacial score (nSPS) is 15.6. The maximum atomic E-state index is 13.4. The maximum absolute atomic E-state index is 13.4. The molecule has 0 saturated carbocycles. The number of carbonyl (C=O) groups is 2. The number of ether oxygens (including phenoxy) is 1. The molecule has 0 spiro atoms. The van der Waals surface area contributed by atoms with Crippen LogP contribution in [0.3, 0.4) is 0 Å². The van der Waals surface area contributed by atoms with Crippen molar-refractivity contribution in [2.24, 2.45) is 0 Å². The van der Waals surface area contributed by atoms with Crippen LogP contribution in [-0.4, -0.2) is 35.0 Å². The third-order valence-corrected chi connectivity index (χ3v) is 6.09. The van der Waals surface area contributed by atoms with E-state index in [1.165, 1.54) is 29.2 Å². The van der Waals surface area contributed by atoms with E-state index in [1.54, 1.807) is 36.3 Å². The quantitative estimate of drug-likeness (QED) is 0.464. The zero-order valence-electron chi connectivity index (χ0n) is 18.2. The van der Waals surface area contributed by atoms with Crippen molar-refractivity contribution in [3.8, 4) is 5.75 Å². The molecule has 1 aliphatic heterocycles. The lowest BCUT2D eigenvalue weighted by atomic mass is 10.1. The van der Waals surface area contributed by atoms with Gasteiger partial charge in [-0.3, -0.25) is 14.5 Å². The van der Waals surface area contributed by atoms with Crippen LogP contribution in [0, 0.1) is 5.82 Å². The summed E-state index contributed by atoms with van der Waals surface area (Å²) in [6, 6.07) is 18.8. The number of methoxy groups -OCH3 is 1. The van der Waals surface area contributed by atoms with Gasteiger partial charge in [0.1, 0.15) is 17.6 Å². The number of amides is 2. The van der Waals surface area contributed by atoms with Crippen molar-refractivity contribution in [2.45, 2.75) is 19.0 Å². The number of rotatable bonds is 7. The van der Waals surface area contributed by atoms with Gasteiger partial charge in [-0.05, 0) is 78.4 Å². The van der Waals surface area contributed by atoms with Crippen molar-refractivity contribution in [2.75, 3.05) is 17.3 Å². The Morgan fingerprint density at radius 2 is 1.71 bits per heavy atom. The Bertz CT molecular complexity index is 1200. The number of nitrogens with one attached hydrogen (secondary N) is 1. The Morgan fingerprint density at radius 1 is 1.06 bits per heavy atom. The summed E-state index contributed by atoms with van der Waals surface area (Å²) < 4.78 is 18.4. The zero-order chi connectivity index (χ0) is 24.2. The van der Waals surface area contributed by atoms with E-state index in [0.717, 1.165) is 5.56 Å². The first kappa shape index (κ1) is 23.7. The Hall–Kier alpha value is -3.49. The van der Waals surface area contributed by atoms with Gasteiger partial charge in [0.25, 0.3) is 5.91 Å². The molecule has 0 bridgehead atoms. The van der Waals surface area contributed by atoms with Crippen LogP contribution in [0.15, 0.2) is 72.8 Å². The van der Waals surface area contributed by atoms with Gasteiger partial charge >= 0.3 is 0 Å². The number of thiocarbonyl (C=S) groups is 1. The summed E-state index contributed by atoms with van der Waals surface area (Å²) in [6.07, 6.45) is -0.128. The van der Waals surface area contributed by atoms with Gasteiger partial charge < -0.3 is 15.0 Å². The van der Waals surface area contributed by atoms with Crippen LogP contribution in [0.2, 0.25) is 5.02 Å². The van der Waals surface area contributed by atoms with Crippen LogP contribution in [0.4, 0.5) is 15.8 Å². The van der Waals surface area contributed by atoms with E-state index < -0.39 is 11.9 Å². The standard InChI is InChI=1S/C25H21ClFN3O3S/c1-33-21-12-2-16(3-13-21)15-29-22(14-23(31)28-19-8-6-18(27)7-9-19)24(32)30(25(29)34)20-10-4-17(26)5-11-20/h2-13,22H,14-15H2,1H3,(H,28,31). The van der Waals surface area contributed by atoms with Gasteiger partial charge in [0, 0.05) is 17.3 Å². The first-order chi connectivity index (χ1) is 16.4. The van der Waals surface area contributed by atoms with Crippen LogP contribution < -0.4 is 15.0 Å². The minimum absolute atomic E-state index is 0.128. The van der Waals surface area contributed by atoms with Crippen molar-refractivity contribution in [1.82, 2.24) is 4.90 Å². The van der Waals surface area contributed by atoms with Crippen molar-refractivity contribution in [3.05, 3.63) is 89.2 Å². The molecule has 0 aromatic heterocycles. The van der Waals surface area contributed by atoms with E-state index in [1.807, 2.05) is 24.3 Å². The molecule has 6 nitrogen and oxygen atoms in total. The fourth-order valence-corrected chi connectivity index (χ4v) is 4.20. The smallest absolute Gasteiger partial charge is 0.256 e. The Labute approximate surface area is 206 Å². The second-order valence-corrected chi connectivity index (χ2v) is 8.49. The molecule has 1 aliphatic rings. The van der Waals surface area contributed by atoms with Crippen LogP contribution in [0.1, 0.15) is 12.0 Å². The highest BCUT2D eigenvalue weighted by molar-refractivity contribution is 7.80. The molecule has 1 fully saturated rings. The number of anilines is 2. The third-order valence-electron chi connectivity index (χ3n) is 5.42. The molecule has 1 saturated heterocycles. The number of halogens is 2. The predicted octanol–water partition coefficient (Wildman–Crippen LogP) is 5.02. The largest absolute Gasteiger partial charge is 0.497 e. The number of nitrogens with zero attached hydrogens (tertiary/aromatic N) is 2. The van der Waals surface area contributed by atoms with Gasteiger partial charge in [0.05, 0.1) is 19.2 Å². The minimum atomic E-state index is -0.814. The molecule has 1 unspecified atom stereocenters. The molecule has 174 valence electrons. The molecular formula is C25H21ClFN3O3S. The van der Waals surface area contributed by atoms with Crippen LogP contribution in [0.25, 0.3) is 0 Å². The summed E-state index contributed by atoms with van der Waals surface area (Å²) in [5.41, 5.74) is 1.91. The second-order valence-electron chi connectivity index (χ2n) is 7.68. The van der Waals surface area contributed by atoms with E-state index >= 15 is 0 Å². The summed E-state index contributed by atoms with van der Waals surface area (Å²) in [5, 5.41) is 3.54. The first-order valence-corrected chi connectivity index (χ1v) is 11.2. The molecule has 0 aliphatic carbocycles.